The van der Waals surface area contributed by atoms with Gasteiger partial charge in [0.15, 0.2) is 5.60 Å². The number of carbonyl (C=O) groups is 16. The summed E-state index contributed by atoms with van der Waals surface area (Å²) >= 11 is 12.6. The van der Waals surface area contributed by atoms with Gasteiger partial charge in [-0.1, -0.05) is 57.0 Å². The van der Waals surface area contributed by atoms with Crippen LogP contribution in [0.5, 0.6) is 23.0 Å². The second-order valence-electron chi connectivity index (χ2n) is 29.4. The number of esters is 1. The number of benzene rings is 6. The summed E-state index contributed by atoms with van der Waals surface area (Å²) in [6.45, 7) is 3.80. The number of nitrogens with one attached hydrogen (secondary N) is 10. The lowest BCUT2D eigenvalue weighted by atomic mass is 9.77. The van der Waals surface area contributed by atoms with Crippen molar-refractivity contribution in [3.63, 3.8) is 0 Å². The molecule has 644 valence electrons. The number of phenols is 2. The average Bonchev–Trinajstić information content (AvgIpc) is 1.50. The zero-order valence-corrected chi connectivity index (χ0v) is 68.0. The molecule has 1 aromatic heterocycles. The lowest BCUT2D eigenvalue weighted by Crippen LogP contribution is -2.60. The summed E-state index contributed by atoms with van der Waals surface area (Å²) in [7, 11) is 7.48. The van der Waals surface area contributed by atoms with Crippen molar-refractivity contribution in [2.45, 2.75) is 114 Å². The van der Waals surface area contributed by atoms with Crippen LogP contribution in [0.25, 0.3) is 33.1 Å². The molecule has 0 saturated carbocycles. The van der Waals surface area contributed by atoms with E-state index in [-0.39, 0.29) is 86.3 Å². The Morgan fingerprint density at radius 1 is 0.516 bits per heavy atom. The lowest BCUT2D eigenvalue weighted by molar-refractivity contribution is -0.143. The van der Waals surface area contributed by atoms with Crippen LogP contribution in [0, 0.1) is 11.8 Å². The minimum atomic E-state index is -2.05. The molecule has 6 aromatic carbocycles. The molecular formula is C81H86Cl2N13O26+. The van der Waals surface area contributed by atoms with Gasteiger partial charge in [-0.3, -0.25) is 62.3 Å². The number of aliphatic carboxylic acids is 4. The summed E-state index contributed by atoms with van der Waals surface area (Å²) in [6.07, 6.45) is -3.25. The van der Waals surface area contributed by atoms with E-state index in [0.717, 1.165) is 23.5 Å². The van der Waals surface area contributed by atoms with Gasteiger partial charge in [-0.05, 0) is 110 Å². The summed E-state index contributed by atoms with van der Waals surface area (Å²) in [6, 6.07) is 13.3. The van der Waals surface area contributed by atoms with Crippen LogP contribution in [0.2, 0.25) is 10.0 Å². The number of rotatable bonds is 38. The molecule has 2 aliphatic heterocycles. The van der Waals surface area contributed by atoms with Crippen molar-refractivity contribution < 1.29 is 126 Å². The van der Waals surface area contributed by atoms with Crippen molar-refractivity contribution in [3.05, 3.63) is 146 Å². The third-order valence-electron chi connectivity index (χ3n) is 19.6. The number of hydrogen-bond acceptors (Lipinski definition) is 23. The van der Waals surface area contributed by atoms with Gasteiger partial charge >= 0.3 is 47.0 Å². The Morgan fingerprint density at radius 3 is 1.56 bits per heavy atom. The lowest BCUT2D eigenvalue weighted by Gasteiger charge is -2.37. The van der Waals surface area contributed by atoms with E-state index in [9.17, 15) is 112 Å². The molecule has 41 heteroatoms. The number of aromatic carboxylic acids is 1. The molecule has 6 atom stereocenters. The number of fused-ring (bicyclic) bond motifs is 8. The maximum absolute atomic E-state index is 14.0. The summed E-state index contributed by atoms with van der Waals surface area (Å²) in [4.78, 5) is 214. The third kappa shape index (κ3) is 22.0. The minimum Gasteiger partial charge on any atom is -0.506 e. The number of halogens is 2. The fourth-order valence-electron chi connectivity index (χ4n) is 13.3. The summed E-state index contributed by atoms with van der Waals surface area (Å²) in [5, 5.41) is 95.5. The van der Waals surface area contributed by atoms with Crippen molar-refractivity contribution in [3.8, 4) is 34.1 Å². The molecule has 2 aliphatic rings. The molecule has 122 heavy (non-hydrogen) atoms. The molecule has 17 N–H and O–H groups in total. The number of unbranched alkanes of at least 4 members (excludes halogenated alkanes) is 1. The largest absolute Gasteiger partial charge is 0.506 e. The number of carboxylic acid groups (broad SMARTS) is 5. The predicted molar refractivity (Wildman–Crippen MR) is 436 cm³/mol. The number of ether oxygens (including phenoxy) is 2. The fourth-order valence-corrected chi connectivity index (χ4v) is 13.6. The van der Waals surface area contributed by atoms with Crippen LogP contribution in [-0.2, 0) is 67.9 Å². The summed E-state index contributed by atoms with van der Waals surface area (Å²) < 4.78 is 18.3. The van der Waals surface area contributed by atoms with Gasteiger partial charge in [-0.25, -0.2) is 24.2 Å². The normalized spacial score (nSPS) is 13.7. The standard InChI is InChI=1S/C81H85Cl2N13O26/c1-36(2)69(76(113)90-53(79(117)118)11-9-10-22-84-71(108)38-12-16-42(46(23-38)78(115)116)68-44-18-14-40(95(5)6)25-58(44)120-59-26-41(96(7)8)15-19-45(59)68)92-64(101)34-86-73(110)54(29-66(104)105)91-77(114)70(37(3)4)93-74(111)52(20-21-65(102)103)89-75(112)55(30-67(106)107)88-63(100)33-85-62(99)35-87-94-72(109)39-13-17-43-47(24-39)81(122-80(43)119)48-27-50(82)56(97)31-60(48)121-61-32-57(98)51(83)28-49(61)81/h12-19,23-28,31-32,35-37,52-55,69-70H,9-11,20-22,29-30,33-34H2,1-8H3,(H16-,84,85,86,88,89,90,91,92,93,94,97,98,99,100,101,102,103,104,105,106,107,108,109,110,111,112,113,114,115,116,117,118)/p+1/t52-,53-,54-,55-,69-,70-/m0/s1. The van der Waals surface area contributed by atoms with E-state index < -0.39 is 199 Å². The van der Waals surface area contributed by atoms with Gasteiger partial charge in [0, 0.05) is 98.0 Å². The van der Waals surface area contributed by atoms with Crippen LogP contribution in [-0.4, -0.2) is 221 Å². The highest BCUT2D eigenvalue weighted by molar-refractivity contribution is 6.33. The maximum atomic E-state index is 14.0. The third-order valence-corrected chi connectivity index (χ3v) is 20.2. The molecule has 0 bridgehead atoms. The Bertz CT molecular complexity index is 5320. The smallest absolute Gasteiger partial charge is 0.363 e. The van der Waals surface area contributed by atoms with Crippen molar-refractivity contribution in [1.82, 2.24) is 53.3 Å². The highest BCUT2D eigenvalue weighted by Crippen LogP contribution is 2.59. The van der Waals surface area contributed by atoms with Gasteiger partial charge in [-0.2, -0.15) is 5.10 Å². The van der Waals surface area contributed by atoms with Crippen LogP contribution in [0.1, 0.15) is 131 Å². The number of anilines is 2. The number of amides is 10. The second-order valence-corrected chi connectivity index (χ2v) is 30.2. The van der Waals surface area contributed by atoms with Crippen molar-refractivity contribution in [2.75, 3.05) is 57.6 Å². The number of aromatic hydroxyl groups is 2. The Labute approximate surface area is 703 Å². The number of carboxylic acids is 5. The first kappa shape index (κ1) is 91.7. The summed E-state index contributed by atoms with van der Waals surface area (Å²) in [5.74, 6) is -22.3. The highest BCUT2D eigenvalue weighted by Gasteiger charge is 2.55. The molecule has 10 amide bonds. The Hall–Kier alpha value is -14.2. The molecule has 39 nitrogen and oxygen atoms in total. The fraction of sp³-hybridized carbons (Fsp3) is 0.333. The van der Waals surface area contributed by atoms with Crippen LogP contribution in [0.3, 0.4) is 0 Å². The van der Waals surface area contributed by atoms with E-state index in [0.29, 0.717) is 39.3 Å². The molecular weight excluding hydrogens is 1640 g/mol. The van der Waals surface area contributed by atoms with E-state index in [2.05, 4.69) is 58.4 Å². The number of hydrogen-bond donors (Lipinski definition) is 17. The van der Waals surface area contributed by atoms with Gasteiger partial charge in [0.25, 0.3) is 17.7 Å². The van der Waals surface area contributed by atoms with Crippen molar-refractivity contribution in [2.24, 2.45) is 16.9 Å². The molecule has 0 aliphatic carbocycles. The van der Waals surface area contributed by atoms with Gasteiger partial charge in [0.05, 0.1) is 70.0 Å². The quantitative estimate of drug-likeness (QED) is 0.00640. The molecule has 0 saturated heterocycles. The Kier molecular flexibility index (Phi) is 29.7. The van der Waals surface area contributed by atoms with Crippen molar-refractivity contribution >= 4 is 158 Å². The van der Waals surface area contributed by atoms with Gasteiger partial charge in [0.2, 0.25) is 41.4 Å². The molecule has 3 heterocycles. The molecule has 7 aromatic rings. The van der Waals surface area contributed by atoms with E-state index in [1.54, 1.807) is 6.07 Å². The van der Waals surface area contributed by atoms with Crippen molar-refractivity contribution in [1.29, 1.82) is 0 Å². The van der Waals surface area contributed by atoms with Gasteiger partial charge in [0.1, 0.15) is 65.5 Å². The number of carbonyl (C=O) groups excluding carboxylic acids is 11. The maximum Gasteiger partial charge on any atom is 0.363 e. The molecule has 0 fully saturated rings. The monoisotopic (exact) mass is 1730 g/mol. The zero-order valence-electron chi connectivity index (χ0n) is 66.5. The highest BCUT2D eigenvalue weighted by atomic mass is 35.5. The van der Waals surface area contributed by atoms with Crippen LogP contribution >= 0.6 is 23.2 Å². The van der Waals surface area contributed by atoms with E-state index in [1.165, 1.54) is 70.2 Å². The molecule has 9 rings (SSSR count). The number of phenolic OH excluding ortho intramolecular Hbond substituents is 2. The Balaban J connectivity index is 0.749. The topological polar surface area (TPSA) is 584 Å². The SMILES string of the molecule is CC(C)[C@H](NC(=O)CNC(=O)[C@H](CC(=O)O)NC(=O)[C@@H](NC(=O)[C@H](CCC(=O)O)NC(=O)[C@H](CC(=O)O)NC(=O)CNC(=O)/C=N/NC(=O)c1ccc2c(c1)C1(OC2=O)c2cc(Cl)c(O)cc2Oc2cc(O)c(Cl)cc21)C(C)C)C(=O)N[C@@H](CCCCNC(=O)c1ccc(-c2c3ccc(N(C)C)cc3[o+]c3cc(N(C)C)ccc23)c(C(=O)O)c1)C(=O)O. The molecule has 0 unspecified atom stereocenters. The van der Waals surface area contributed by atoms with Crippen LogP contribution in [0.15, 0.2) is 107 Å². The minimum absolute atomic E-state index is 0.00413. The number of nitrogens with zero attached hydrogens (tertiary/aromatic N) is 3. The first-order chi connectivity index (χ1) is 57.6. The predicted octanol–water partition coefficient (Wildman–Crippen LogP) is 4.32. The Morgan fingerprint density at radius 2 is 1.02 bits per heavy atom. The number of hydrazone groups is 1. The molecule has 0 radical (unpaired) electrons. The average molecular weight is 1730 g/mol. The van der Waals surface area contributed by atoms with E-state index in [4.69, 9.17) is 37.1 Å². The van der Waals surface area contributed by atoms with Gasteiger partial charge in [-0.15, -0.1) is 0 Å². The van der Waals surface area contributed by atoms with E-state index >= 15 is 0 Å². The van der Waals surface area contributed by atoms with Gasteiger partial charge < -0.3 is 103 Å². The first-order valence-electron chi connectivity index (χ1n) is 37.6. The molecule has 1 spiro atoms. The summed E-state index contributed by atoms with van der Waals surface area (Å²) in [5.41, 5.74) is 3.60. The first-order valence-corrected chi connectivity index (χ1v) is 38.4. The zero-order chi connectivity index (χ0) is 89.6. The second kappa shape index (κ2) is 39.6. The van der Waals surface area contributed by atoms with Crippen LogP contribution < -0.4 is 67.8 Å². The van der Waals surface area contributed by atoms with Crippen LogP contribution in [0.4, 0.5) is 11.4 Å². The van der Waals surface area contributed by atoms with E-state index in [1.807, 2.05) is 74.4 Å².